The van der Waals surface area contributed by atoms with Gasteiger partial charge in [0.2, 0.25) is 5.01 Å². The molecule has 0 radical (unpaired) electrons. The number of benzene rings is 1. The summed E-state index contributed by atoms with van der Waals surface area (Å²) in [5.41, 5.74) is 1.55. The fourth-order valence-corrected chi connectivity index (χ4v) is 3.66. The van der Waals surface area contributed by atoms with Gasteiger partial charge in [0.25, 0.3) is 0 Å². The molecule has 1 N–H and O–H groups in total. The highest BCUT2D eigenvalue weighted by molar-refractivity contribution is 7.15. The third-order valence-electron chi connectivity index (χ3n) is 3.83. The van der Waals surface area contributed by atoms with Crippen molar-refractivity contribution in [3.8, 4) is 0 Å². The second-order valence-electron chi connectivity index (χ2n) is 5.86. The van der Waals surface area contributed by atoms with Gasteiger partial charge in [0.15, 0.2) is 6.17 Å². The first-order valence-electron chi connectivity index (χ1n) is 7.32. The van der Waals surface area contributed by atoms with Crippen LogP contribution in [-0.2, 0) is 12.1 Å². The molecule has 1 aromatic carbocycles. The van der Waals surface area contributed by atoms with Crippen LogP contribution in [0.1, 0.15) is 10.6 Å². The van der Waals surface area contributed by atoms with Gasteiger partial charge in [0.1, 0.15) is 6.67 Å². The molecule has 11 heteroatoms. The monoisotopic (exact) mass is 393 g/mol. The minimum absolute atomic E-state index is 0.0145. The van der Waals surface area contributed by atoms with Crippen LogP contribution in [-0.4, -0.2) is 41.5 Å². The van der Waals surface area contributed by atoms with Crippen molar-refractivity contribution in [2.75, 3.05) is 25.6 Å². The predicted molar refractivity (Wildman–Crippen MR) is 91.0 cm³/mol. The van der Waals surface area contributed by atoms with Crippen LogP contribution in [0.2, 0.25) is 0 Å². The zero-order valence-electron chi connectivity index (χ0n) is 13.1. The third kappa shape index (κ3) is 3.72. The van der Waals surface area contributed by atoms with Crippen LogP contribution in [0.25, 0.3) is 0 Å². The number of hydrogen-bond donors (Lipinski definition) is 1. The number of halogens is 4. The zero-order valence-corrected chi connectivity index (χ0v) is 14.7. The number of aromatic nitrogens is 2. The highest BCUT2D eigenvalue weighted by atomic mass is 35.5. The molecule has 2 unspecified atom stereocenters. The first-order chi connectivity index (χ1) is 11.7. The molecule has 3 rings (SSSR count). The Kier molecular flexibility index (Phi) is 4.91. The average Bonchev–Trinajstić information content (AvgIpc) is 3.14. The van der Waals surface area contributed by atoms with Gasteiger partial charge >= 0.3 is 11.3 Å². The molecular formula is C14H15ClF3N5OS. The van der Waals surface area contributed by atoms with Crippen molar-refractivity contribution in [1.29, 1.82) is 0 Å². The van der Waals surface area contributed by atoms with Crippen LogP contribution < -0.4 is 9.96 Å². The van der Waals surface area contributed by atoms with E-state index in [0.29, 0.717) is 18.1 Å². The lowest BCUT2D eigenvalue weighted by molar-refractivity contribution is -0.138. The predicted octanol–water partition coefficient (Wildman–Crippen LogP) is 3.44. The Morgan fingerprint density at radius 3 is 2.84 bits per heavy atom. The number of likely N-dealkylation sites (N-methyl/N-ethyl adjacent to an activating group) is 1. The molecule has 0 saturated carbocycles. The van der Waals surface area contributed by atoms with E-state index in [1.807, 2.05) is 6.07 Å². The molecule has 2 aromatic rings. The number of nitrogens with one attached hydrogen (secondary N) is 1. The number of hydrogen-bond acceptors (Lipinski definition) is 6. The number of rotatable bonds is 4. The second kappa shape index (κ2) is 6.69. The highest BCUT2D eigenvalue weighted by Gasteiger charge is 2.45. The van der Waals surface area contributed by atoms with Crippen LogP contribution >= 0.6 is 22.9 Å². The molecule has 6 nitrogen and oxygen atoms in total. The largest absolute Gasteiger partial charge is 0.623 e. The number of quaternary nitrogens is 1. The summed E-state index contributed by atoms with van der Waals surface area (Å²) in [6.45, 7) is 0.342. The summed E-state index contributed by atoms with van der Waals surface area (Å²) in [4.78, 5) is 1.74. The van der Waals surface area contributed by atoms with Crippen LogP contribution in [0.5, 0.6) is 0 Å². The normalized spacial score (nSPS) is 24.6. The number of alkyl halides is 4. The fraction of sp³-hybridized carbons (Fsp3) is 0.429. The van der Waals surface area contributed by atoms with E-state index in [-0.39, 0.29) is 23.1 Å². The summed E-state index contributed by atoms with van der Waals surface area (Å²) in [7, 11) is 1.73. The Morgan fingerprint density at radius 2 is 2.20 bits per heavy atom. The first kappa shape index (κ1) is 18.3. The molecule has 2 atom stereocenters. The van der Waals surface area contributed by atoms with Crippen LogP contribution in [0.4, 0.5) is 24.0 Å². The lowest BCUT2D eigenvalue weighted by Crippen LogP contribution is -2.52. The van der Waals surface area contributed by atoms with Gasteiger partial charge in [0.05, 0.1) is 6.54 Å². The molecule has 1 aromatic heterocycles. The van der Waals surface area contributed by atoms with Crippen molar-refractivity contribution in [1.82, 2.24) is 19.7 Å². The lowest BCUT2D eigenvalue weighted by Gasteiger charge is -2.39. The van der Waals surface area contributed by atoms with Gasteiger partial charge in [-0.2, -0.15) is 13.2 Å². The van der Waals surface area contributed by atoms with Crippen molar-refractivity contribution in [3.05, 3.63) is 40.0 Å². The molecule has 1 aliphatic heterocycles. The van der Waals surface area contributed by atoms with Crippen LogP contribution in [0.15, 0.2) is 24.3 Å². The van der Waals surface area contributed by atoms with E-state index >= 15 is 0 Å². The summed E-state index contributed by atoms with van der Waals surface area (Å²) < 4.78 is 37.3. The minimum atomic E-state index is -4.61. The van der Waals surface area contributed by atoms with Crippen LogP contribution in [0.3, 0.4) is 0 Å². The molecule has 2 heterocycles. The second-order valence-corrected chi connectivity index (χ2v) is 7.08. The molecule has 0 amide bonds. The number of hydroxylamine groups is 2. The molecule has 1 aliphatic rings. The van der Waals surface area contributed by atoms with Gasteiger partial charge in [-0.25, -0.2) is 0 Å². The summed E-state index contributed by atoms with van der Waals surface area (Å²) in [5.74, 6) is 0.322. The SMILES string of the molecule is CN1CC(Nc2cccc(CCl)c2)[N+]([O-])(c2nnc(C(F)(F)F)s2)C1. The average molecular weight is 394 g/mol. The van der Waals surface area contributed by atoms with Gasteiger partial charge in [0, 0.05) is 11.6 Å². The maximum atomic E-state index is 13.3. The van der Waals surface area contributed by atoms with E-state index in [2.05, 4.69) is 15.5 Å². The van der Waals surface area contributed by atoms with E-state index in [4.69, 9.17) is 11.6 Å². The Bertz CT molecular complexity index is 758. The van der Waals surface area contributed by atoms with E-state index in [9.17, 15) is 18.4 Å². The zero-order chi connectivity index (χ0) is 18.2. The molecule has 25 heavy (non-hydrogen) atoms. The summed E-state index contributed by atoms with van der Waals surface area (Å²) in [5, 5.41) is 21.7. The molecule has 136 valence electrons. The van der Waals surface area contributed by atoms with Gasteiger partial charge < -0.3 is 10.5 Å². The third-order valence-corrected chi connectivity index (χ3v) is 5.22. The molecular weight excluding hydrogens is 379 g/mol. The Balaban J connectivity index is 1.88. The van der Waals surface area contributed by atoms with E-state index < -0.39 is 22.0 Å². The van der Waals surface area contributed by atoms with E-state index in [0.717, 1.165) is 5.56 Å². The summed E-state index contributed by atoms with van der Waals surface area (Å²) in [6, 6.07) is 7.22. The fourth-order valence-electron chi connectivity index (χ4n) is 2.71. The maximum absolute atomic E-state index is 13.3. The van der Waals surface area contributed by atoms with E-state index in [1.54, 1.807) is 30.1 Å². The topological polar surface area (TPSA) is 64.1 Å². The van der Waals surface area contributed by atoms with Crippen molar-refractivity contribution in [3.63, 3.8) is 0 Å². The van der Waals surface area contributed by atoms with Gasteiger partial charge in [-0.1, -0.05) is 17.2 Å². The van der Waals surface area contributed by atoms with Gasteiger partial charge in [-0.15, -0.1) is 16.7 Å². The minimum Gasteiger partial charge on any atom is -0.623 e. The Labute approximate surface area is 151 Å². The van der Waals surface area contributed by atoms with Crippen molar-refractivity contribution in [2.45, 2.75) is 18.2 Å². The molecule has 1 saturated heterocycles. The first-order valence-corrected chi connectivity index (χ1v) is 8.67. The maximum Gasteiger partial charge on any atom is 0.445 e. The molecule has 1 fully saturated rings. The van der Waals surface area contributed by atoms with Crippen molar-refractivity contribution in [2.24, 2.45) is 0 Å². The van der Waals surface area contributed by atoms with Crippen LogP contribution in [0, 0.1) is 5.21 Å². The number of nitrogens with zero attached hydrogens (tertiary/aromatic N) is 4. The standard InChI is InChI=1S/C14H15ClF3N5OS/c1-22-7-11(19-10-4-2-3-9(5-10)6-15)23(24,8-22)13-21-20-12(25-13)14(16,17)18/h2-5,11,19H,6-8H2,1H3. The summed E-state index contributed by atoms with van der Waals surface area (Å²) >= 11 is 6.10. The molecule has 0 aliphatic carbocycles. The molecule has 0 bridgehead atoms. The lowest BCUT2D eigenvalue weighted by atomic mass is 10.2. The van der Waals surface area contributed by atoms with Crippen molar-refractivity contribution < 1.29 is 13.2 Å². The van der Waals surface area contributed by atoms with Crippen molar-refractivity contribution >= 4 is 33.8 Å². The van der Waals surface area contributed by atoms with Gasteiger partial charge in [-0.3, -0.25) is 9.55 Å². The number of anilines is 1. The Hall–Kier alpha value is -1.46. The molecule has 0 spiro atoms. The highest BCUT2D eigenvalue weighted by Crippen LogP contribution is 2.39. The van der Waals surface area contributed by atoms with Gasteiger partial charge in [-0.05, 0) is 36.1 Å². The van der Waals surface area contributed by atoms with E-state index in [1.165, 1.54) is 0 Å². The smallest absolute Gasteiger partial charge is 0.445 e. The quantitative estimate of drug-likeness (QED) is 0.489. The Morgan fingerprint density at radius 1 is 1.44 bits per heavy atom. The summed E-state index contributed by atoms with van der Waals surface area (Å²) in [6.07, 6.45) is -5.32.